The highest BCUT2D eigenvalue weighted by atomic mass is 16.6. The zero-order chi connectivity index (χ0) is 17.5. The Balaban J connectivity index is 1.90. The van der Waals surface area contributed by atoms with Crippen molar-refractivity contribution in [3.8, 4) is 0 Å². The van der Waals surface area contributed by atoms with Crippen molar-refractivity contribution in [2.45, 2.75) is 6.92 Å². The number of rotatable bonds is 7. The Kier molecular flexibility index (Phi) is 5.53. The lowest BCUT2D eigenvalue weighted by Gasteiger charge is -2.11. The predicted molar refractivity (Wildman–Crippen MR) is 96.0 cm³/mol. The lowest BCUT2D eigenvalue weighted by atomic mass is 10.2. The second kappa shape index (κ2) is 8.21. The number of aromatic nitrogens is 2. The lowest BCUT2D eigenvalue weighted by Crippen LogP contribution is -2.15. The zero-order valence-corrected chi connectivity index (χ0v) is 13.9. The van der Waals surface area contributed by atoms with Gasteiger partial charge in [-0.1, -0.05) is 30.3 Å². The third-order valence-electron chi connectivity index (χ3n) is 3.47. The summed E-state index contributed by atoms with van der Waals surface area (Å²) in [6, 6.07) is 16.9. The molecule has 1 N–H and O–H groups in total. The molecular weight excluding hydrogens is 318 g/mol. The molecule has 0 unspecified atom stereocenters. The van der Waals surface area contributed by atoms with E-state index in [0.29, 0.717) is 30.1 Å². The summed E-state index contributed by atoms with van der Waals surface area (Å²) in [6.07, 6.45) is 0. The van der Waals surface area contributed by atoms with Gasteiger partial charge in [-0.2, -0.15) is 0 Å². The predicted octanol–water partition coefficient (Wildman–Crippen LogP) is 3.57. The first kappa shape index (κ1) is 16.9. The average molecular weight is 337 g/mol. The highest BCUT2D eigenvalue weighted by Gasteiger charge is 2.18. The van der Waals surface area contributed by atoms with Crippen LogP contribution < -0.4 is 5.32 Å². The summed E-state index contributed by atoms with van der Waals surface area (Å²) in [5, 5.41) is 3.14. The van der Waals surface area contributed by atoms with Gasteiger partial charge in [0.15, 0.2) is 11.5 Å². The molecule has 3 aromatic rings. The van der Waals surface area contributed by atoms with E-state index in [9.17, 15) is 4.79 Å². The number of esters is 1. The van der Waals surface area contributed by atoms with Crippen molar-refractivity contribution in [3.63, 3.8) is 0 Å². The van der Waals surface area contributed by atoms with E-state index in [1.165, 1.54) is 0 Å². The molecule has 0 aliphatic heterocycles. The minimum absolute atomic E-state index is 0.152. The number of hydrogen-bond donors (Lipinski definition) is 1. The normalized spacial score (nSPS) is 10.6. The van der Waals surface area contributed by atoms with Gasteiger partial charge < -0.3 is 14.8 Å². The highest BCUT2D eigenvalue weighted by Crippen LogP contribution is 2.21. The fraction of sp³-hybridized carbons (Fsp3) is 0.211. The van der Waals surface area contributed by atoms with Crippen LogP contribution in [0.25, 0.3) is 11.0 Å². The van der Waals surface area contributed by atoms with Crippen LogP contribution in [-0.2, 0) is 9.47 Å². The Morgan fingerprint density at radius 2 is 1.64 bits per heavy atom. The average Bonchev–Trinajstić information content (AvgIpc) is 2.65. The van der Waals surface area contributed by atoms with Gasteiger partial charge in [-0.3, -0.25) is 0 Å². The number of carbonyl (C=O) groups excluding carboxylic acids is 1. The van der Waals surface area contributed by atoms with Crippen molar-refractivity contribution in [2.75, 3.05) is 25.1 Å². The van der Waals surface area contributed by atoms with Crippen molar-refractivity contribution in [2.24, 2.45) is 0 Å². The second-order valence-corrected chi connectivity index (χ2v) is 5.23. The molecule has 6 heteroatoms. The Labute approximate surface area is 145 Å². The molecule has 0 amide bonds. The number of nitrogens with zero attached hydrogens (tertiary/aromatic N) is 2. The SMILES string of the molecule is CCOCCOC(=O)c1nc2ccccc2nc1Nc1ccccc1. The molecule has 0 atom stereocenters. The summed E-state index contributed by atoms with van der Waals surface area (Å²) in [5.41, 5.74) is 2.30. The maximum atomic E-state index is 12.4. The quantitative estimate of drug-likeness (QED) is 0.525. The van der Waals surface area contributed by atoms with Crippen LogP contribution in [0.2, 0.25) is 0 Å². The van der Waals surface area contributed by atoms with Crippen LogP contribution in [0.3, 0.4) is 0 Å². The molecule has 6 nitrogen and oxygen atoms in total. The number of nitrogens with one attached hydrogen (secondary N) is 1. The first-order chi connectivity index (χ1) is 12.3. The molecule has 0 bridgehead atoms. The van der Waals surface area contributed by atoms with E-state index < -0.39 is 5.97 Å². The van der Waals surface area contributed by atoms with Gasteiger partial charge in [-0.05, 0) is 31.2 Å². The van der Waals surface area contributed by atoms with Gasteiger partial charge in [0.1, 0.15) is 6.61 Å². The Bertz CT molecular complexity index is 853. The van der Waals surface area contributed by atoms with Crippen molar-refractivity contribution in [1.82, 2.24) is 9.97 Å². The summed E-state index contributed by atoms with van der Waals surface area (Å²) in [6.45, 7) is 2.99. The third kappa shape index (κ3) is 4.30. The van der Waals surface area contributed by atoms with Crippen LogP contribution in [0.4, 0.5) is 11.5 Å². The number of anilines is 2. The van der Waals surface area contributed by atoms with Crippen LogP contribution in [-0.4, -0.2) is 35.8 Å². The molecule has 0 fully saturated rings. The largest absolute Gasteiger partial charge is 0.458 e. The van der Waals surface area contributed by atoms with Crippen LogP contribution in [0, 0.1) is 0 Å². The summed E-state index contributed by atoms with van der Waals surface area (Å²) < 4.78 is 10.4. The summed E-state index contributed by atoms with van der Waals surface area (Å²) in [4.78, 5) is 21.4. The zero-order valence-electron chi connectivity index (χ0n) is 13.9. The van der Waals surface area contributed by atoms with Gasteiger partial charge >= 0.3 is 5.97 Å². The maximum Gasteiger partial charge on any atom is 0.360 e. The van der Waals surface area contributed by atoms with E-state index in [1.807, 2.05) is 61.5 Å². The Morgan fingerprint density at radius 1 is 0.960 bits per heavy atom. The molecule has 2 aromatic carbocycles. The van der Waals surface area contributed by atoms with Gasteiger partial charge in [-0.15, -0.1) is 0 Å². The molecule has 0 aliphatic rings. The van der Waals surface area contributed by atoms with Gasteiger partial charge in [0.25, 0.3) is 0 Å². The van der Waals surface area contributed by atoms with Crippen LogP contribution >= 0.6 is 0 Å². The first-order valence-electron chi connectivity index (χ1n) is 8.11. The molecule has 1 heterocycles. The van der Waals surface area contributed by atoms with E-state index in [2.05, 4.69) is 15.3 Å². The molecule has 0 saturated carbocycles. The number of benzene rings is 2. The van der Waals surface area contributed by atoms with E-state index >= 15 is 0 Å². The molecule has 128 valence electrons. The third-order valence-corrected chi connectivity index (χ3v) is 3.47. The summed E-state index contributed by atoms with van der Waals surface area (Å²) in [5.74, 6) is -0.164. The molecule has 0 aliphatic carbocycles. The fourth-order valence-corrected chi connectivity index (χ4v) is 2.29. The van der Waals surface area contributed by atoms with Crippen LogP contribution in [0.15, 0.2) is 54.6 Å². The second-order valence-electron chi connectivity index (χ2n) is 5.23. The monoisotopic (exact) mass is 337 g/mol. The van der Waals surface area contributed by atoms with Gasteiger partial charge in [0.2, 0.25) is 0 Å². The molecule has 25 heavy (non-hydrogen) atoms. The van der Waals surface area contributed by atoms with Crippen LogP contribution in [0.5, 0.6) is 0 Å². The maximum absolute atomic E-state index is 12.4. The van der Waals surface area contributed by atoms with E-state index in [-0.39, 0.29) is 12.3 Å². The van der Waals surface area contributed by atoms with Crippen molar-refractivity contribution in [1.29, 1.82) is 0 Å². The topological polar surface area (TPSA) is 73.3 Å². The van der Waals surface area contributed by atoms with E-state index in [4.69, 9.17) is 9.47 Å². The van der Waals surface area contributed by atoms with Gasteiger partial charge in [0, 0.05) is 12.3 Å². The standard InChI is InChI=1S/C19H19N3O3/c1-2-24-12-13-25-19(23)17-18(20-14-8-4-3-5-9-14)22-16-11-7-6-10-15(16)21-17/h3-11H,2,12-13H2,1H3,(H,20,22). The van der Waals surface area contributed by atoms with Crippen molar-refractivity contribution >= 4 is 28.5 Å². The highest BCUT2D eigenvalue weighted by molar-refractivity contribution is 5.96. The summed E-state index contributed by atoms with van der Waals surface area (Å²) in [7, 11) is 0. The van der Waals surface area contributed by atoms with Crippen molar-refractivity contribution in [3.05, 3.63) is 60.3 Å². The minimum atomic E-state index is -0.531. The molecular formula is C19H19N3O3. The van der Waals surface area contributed by atoms with Crippen molar-refractivity contribution < 1.29 is 14.3 Å². The molecule has 0 saturated heterocycles. The van der Waals surface area contributed by atoms with E-state index in [0.717, 1.165) is 5.69 Å². The minimum Gasteiger partial charge on any atom is -0.458 e. The first-order valence-corrected chi connectivity index (χ1v) is 8.11. The number of ether oxygens (including phenoxy) is 2. The smallest absolute Gasteiger partial charge is 0.360 e. The van der Waals surface area contributed by atoms with Gasteiger partial charge in [-0.25, -0.2) is 14.8 Å². The fourth-order valence-electron chi connectivity index (χ4n) is 2.29. The molecule has 0 radical (unpaired) electrons. The van der Waals surface area contributed by atoms with Gasteiger partial charge in [0.05, 0.1) is 17.6 Å². The molecule has 1 aromatic heterocycles. The molecule has 0 spiro atoms. The summed E-state index contributed by atoms with van der Waals surface area (Å²) >= 11 is 0. The number of hydrogen-bond acceptors (Lipinski definition) is 6. The lowest BCUT2D eigenvalue weighted by molar-refractivity contribution is 0.0330. The van der Waals surface area contributed by atoms with Crippen LogP contribution in [0.1, 0.15) is 17.4 Å². The number of fused-ring (bicyclic) bond motifs is 1. The number of para-hydroxylation sites is 3. The molecule has 3 rings (SSSR count). The van der Waals surface area contributed by atoms with E-state index in [1.54, 1.807) is 0 Å². The Morgan fingerprint density at radius 3 is 2.36 bits per heavy atom. The Hall–Kier alpha value is -2.99. The number of carbonyl (C=O) groups is 1.